The monoisotopic (exact) mass is 396 g/mol. The summed E-state index contributed by atoms with van der Waals surface area (Å²) in [4.78, 5) is 23.9. The van der Waals surface area contributed by atoms with Crippen molar-refractivity contribution in [2.24, 2.45) is 0 Å². The summed E-state index contributed by atoms with van der Waals surface area (Å²) < 4.78 is 45.2. The normalized spacial score (nSPS) is 37.3. The molecule has 0 N–H and O–H groups in total. The van der Waals surface area contributed by atoms with Crippen LogP contribution in [0.1, 0.15) is 72.6 Å². The summed E-state index contributed by atoms with van der Waals surface area (Å²) in [5.41, 5.74) is -1.92. The van der Waals surface area contributed by atoms with Gasteiger partial charge in [0.15, 0.2) is 0 Å². The second-order valence-corrected chi connectivity index (χ2v) is 11.2. The number of carbonyl (C=O) groups excluding carboxylic acids is 2. The fourth-order valence-corrected chi connectivity index (χ4v) is 6.56. The molecule has 3 aliphatic rings. The summed E-state index contributed by atoms with van der Waals surface area (Å²) in [7, 11) is -7.96. The van der Waals surface area contributed by atoms with Crippen LogP contribution in [0.4, 0.5) is 0 Å². The molecule has 25 heavy (non-hydrogen) atoms. The first-order chi connectivity index (χ1) is 11.3. The molecule has 0 radical (unpaired) electrons. The SMILES string of the molecule is CC1(C)CCC(=O)CCCC(=O)CCC(C)(C)OP2(=O)OP(=O)(O1)O2. The number of carbonyl (C=O) groups is 2. The van der Waals surface area contributed by atoms with Crippen LogP contribution >= 0.6 is 15.6 Å². The lowest BCUT2D eigenvalue weighted by Crippen LogP contribution is -2.30. The molecule has 3 rings (SSSR count). The Morgan fingerprint density at radius 3 is 1.44 bits per heavy atom. The summed E-state index contributed by atoms with van der Waals surface area (Å²) in [6.45, 7) is 6.58. The number of hydrogen-bond donors (Lipinski definition) is 0. The van der Waals surface area contributed by atoms with Crippen molar-refractivity contribution >= 4 is 27.2 Å². The van der Waals surface area contributed by atoms with Crippen molar-refractivity contribution in [1.82, 2.24) is 0 Å². The van der Waals surface area contributed by atoms with E-state index in [-0.39, 0.29) is 24.4 Å². The molecule has 0 aliphatic carbocycles. The molecule has 0 unspecified atom stereocenters. The molecule has 0 amide bonds. The highest BCUT2D eigenvalue weighted by Gasteiger charge is 2.60. The fourth-order valence-electron chi connectivity index (χ4n) is 2.63. The average molecular weight is 396 g/mol. The summed E-state index contributed by atoms with van der Waals surface area (Å²) >= 11 is 0. The highest BCUT2D eigenvalue weighted by Crippen LogP contribution is 2.84. The van der Waals surface area contributed by atoms with Crippen molar-refractivity contribution in [3.05, 3.63) is 0 Å². The van der Waals surface area contributed by atoms with Gasteiger partial charge < -0.3 is 0 Å². The average Bonchev–Trinajstić information content (AvgIpc) is 2.39. The smallest absolute Gasteiger partial charge is 0.300 e. The third kappa shape index (κ3) is 6.38. The first-order valence-corrected chi connectivity index (χ1v) is 11.3. The number of rotatable bonds is 0. The van der Waals surface area contributed by atoms with E-state index in [0.717, 1.165) is 0 Å². The first kappa shape index (κ1) is 20.9. The number of fused-ring (bicyclic) bond motifs is 12. The molecule has 0 atom stereocenters. The van der Waals surface area contributed by atoms with Crippen molar-refractivity contribution in [3.8, 4) is 0 Å². The molecule has 3 fully saturated rings. The molecule has 3 saturated heterocycles. The van der Waals surface area contributed by atoms with Gasteiger partial charge in [0.2, 0.25) is 0 Å². The van der Waals surface area contributed by atoms with Crippen LogP contribution in [-0.2, 0) is 36.4 Å². The Hall–Kier alpha value is -0.360. The van der Waals surface area contributed by atoms with Crippen molar-refractivity contribution in [2.45, 2.75) is 83.8 Å². The summed E-state index contributed by atoms with van der Waals surface area (Å²) in [5.74, 6) is 0.0271. The zero-order valence-corrected chi connectivity index (χ0v) is 16.9. The van der Waals surface area contributed by atoms with Crippen LogP contribution in [0.2, 0.25) is 0 Å². The van der Waals surface area contributed by atoms with E-state index in [2.05, 4.69) is 0 Å². The summed E-state index contributed by atoms with van der Waals surface area (Å²) in [6, 6.07) is 0. The third-order valence-corrected chi connectivity index (χ3v) is 8.68. The Bertz CT molecular complexity index is 573. The number of Topliss-reactive ketones (excluding diaryl/α,β-unsaturated/α-hetero) is 2. The summed E-state index contributed by atoms with van der Waals surface area (Å²) in [6.07, 6.45) is 2.19. The van der Waals surface area contributed by atoms with Crippen LogP contribution in [0, 0.1) is 0 Å². The van der Waals surface area contributed by atoms with Crippen molar-refractivity contribution < 1.29 is 36.4 Å². The van der Waals surface area contributed by atoms with Gasteiger partial charge in [0, 0.05) is 25.7 Å². The lowest BCUT2D eigenvalue weighted by Gasteiger charge is -2.39. The van der Waals surface area contributed by atoms with Crippen molar-refractivity contribution in [3.63, 3.8) is 0 Å². The Morgan fingerprint density at radius 1 is 0.720 bits per heavy atom. The zero-order chi connectivity index (χ0) is 18.9. The Kier molecular flexibility index (Phi) is 6.15. The van der Waals surface area contributed by atoms with Crippen molar-refractivity contribution in [1.29, 1.82) is 0 Å². The molecular formula is C15H26O8P2. The first-order valence-electron chi connectivity index (χ1n) is 8.40. The van der Waals surface area contributed by atoms with Gasteiger partial charge in [0.1, 0.15) is 11.6 Å². The fraction of sp³-hybridized carbons (Fsp3) is 0.867. The molecule has 10 heteroatoms. The van der Waals surface area contributed by atoms with Crippen LogP contribution in [-0.4, -0.2) is 22.8 Å². The molecule has 2 bridgehead atoms. The highest BCUT2D eigenvalue weighted by molar-refractivity contribution is 7.75. The minimum atomic E-state index is -3.98. The minimum absolute atomic E-state index is 0.0135. The molecule has 0 aromatic heterocycles. The van der Waals surface area contributed by atoms with Crippen LogP contribution < -0.4 is 0 Å². The highest BCUT2D eigenvalue weighted by atomic mass is 31.3. The molecule has 0 spiro atoms. The van der Waals surface area contributed by atoms with E-state index in [0.29, 0.717) is 32.1 Å². The lowest BCUT2D eigenvalue weighted by atomic mass is 9.97. The maximum Gasteiger partial charge on any atom is 0.493 e. The van der Waals surface area contributed by atoms with Gasteiger partial charge >= 0.3 is 15.6 Å². The van der Waals surface area contributed by atoms with E-state index in [1.54, 1.807) is 27.7 Å². The van der Waals surface area contributed by atoms with E-state index < -0.39 is 26.8 Å². The van der Waals surface area contributed by atoms with Gasteiger partial charge in [0.05, 0.1) is 11.2 Å². The largest absolute Gasteiger partial charge is 0.493 e. The standard InChI is InChI=1S/C15H26O8P2/c1-14(2)10-8-12(16)6-5-7-13(17)9-11-15(3,4)21-25(19)22-24(18,20-14)23-25/h5-11H2,1-4H3. The molecule has 8 nitrogen and oxygen atoms in total. The van der Waals surface area contributed by atoms with E-state index in [1.165, 1.54) is 0 Å². The minimum Gasteiger partial charge on any atom is -0.300 e. The van der Waals surface area contributed by atoms with Gasteiger partial charge in [-0.3, -0.25) is 18.6 Å². The molecule has 0 aromatic carbocycles. The van der Waals surface area contributed by atoms with Gasteiger partial charge in [-0.1, -0.05) is 0 Å². The number of phosphoric acid groups is 2. The van der Waals surface area contributed by atoms with Gasteiger partial charge in [0.25, 0.3) is 0 Å². The van der Waals surface area contributed by atoms with E-state index >= 15 is 0 Å². The Balaban J connectivity index is 2.12. The predicted octanol–water partition coefficient (Wildman–Crippen LogP) is 4.72. The Labute approximate surface area is 148 Å². The third-order valence-electron chi connectivity index (χ3n) is 4.04. The predicted molar refractivity (Wildman–Crippen MR) is 90.0 cm³/mol. The van der Waals surface area contributed by atoms with E-state index in [4.69, 9.17) is 17.7 Å². The van der Waals surface area contributed by atoms with E-state index in [9.17, 15) is 18.7 Å². The molecule has 3 heterocycles. The Morgan fingerprint density at radius 2 is 1.08 bits per heavy atom. The van der Waals surface area contributed by atoms with Crippen LogP contribution in [0.25, 0.3) is 0 Å². The summed E-state index contributed by atoms with van der Waals surface area (Å²) in [5, 5.41) is 0. The molecule has 3 aliphatic heterocycles. The van der Waals surface area contributed by atoms with Gasteiger partial charge in [-0.05, 0) is 47.0 Å². The lowest BCUT2D eigenvalue weighted by molar-refractivity contribution is -0.122. The van der Waals surface area contributed by atoms with Crippen LogP contribution in [0.5, 0.6) is 0 Å². The number of hydrogen-bond acceptors (Lipinski definition) is 8. The van der Waals surface area contributed by atoms with E-state index in [1.807, 2.05) is 0 Å². The second kappa shape index (κ2) is 7.34. The maximum absolute atomic E-state index is 12.3. The second-order valence-electron chi connectivity index (χ2n) is 7.69. The topological polar surface area (TPSA) is 105 Å². The van der Waals surface area contributed by atoms with Crippen molar-refractivity contribution in [2.75, 3.05) is 0 Å². The van der Waals surface area contributed by atoms with Gasteiger partial charge in [-0.25, -0.2) is 9.13 Å². The zero-order valence-electron chi connectivity index (χ0n) is 15.1. The van der Waals surface area contributed by atoms with Gasteiger partial charge in [-0.2, -0.15) is 8.62 Å². The maximum atomic E-state index is 12.3. The van der Waals surface area contributed by atoms with Crippen LogP contribution in [0.15, 0.2) is 0 Å². The molecule has 0 saturated carbocycles. The quantitative estimate of drug-likeness (QED) is 0.542. The van der Waals surface area contributed by atoms with Crippen LogP contribution in [0.3, 0.4) is 0 Å². The van der Waals surface area contributed by atoms with Gasteiger partial charge in [-0.15, -0.1) is 0 Å². The molecular weight excluding hydrogens is 370 g/mol. The number of ketones is 2. The molecule has 0 aromatic rings. The molecule has 144 valence electrons.